The zero-order valence-electron chi connectivity index (χ0n) is 8.31. The van der Waals surface area contributed by atoms with Gasteiger partial charge in [0, 0.05) is 17.2 Å². The van der Waals surface area contributed by atoms with E-state index in [9.17, 15) is 9.18 Å². The first-order valence-corrected chi connectivity index (χ1v) is 5.66. The zero-order chi connectivity index (χ0) is 11.4. The molecule has 5 heteroatoms. The normalized spacial score (nSPS) is 10.3. The molecular weight excluding hydrogens is 227 g/mol. The summed E-state index contributed by atoms with van der Waals surface area (Å²) in [6.45, 7) is 0. The molecular formula is C11H9FN2OS. The Labute approximate surface area is 95.7 Å². The number of nitrogens with one attached hydrogen (secondary N) is 1. The quantitative estimate of drug-likeness (QED) is 0.831. The summed E-state index contributed by atoms with van der Waals surface area (Å²) in [6, 6.07) is 7.86. The molecule has 0 radical (unpaired) electrons. The maximum Gasteiger partial charge on any atom is 0.250 e. The molecule has 1 N–H and O–H groups in total. The van der Waals surface area contributed by atoms with Crippen LogP contribution in [0.4, 0.5) is 4.39 Å². The van der Waals surface area contributed by atoms with Gasteiger partial charge in [-0.3, -0.25) is 4.79 Å². The Morgan fingerprint density at radius 2 is 2.12 bits per heavy atom. The molecule has 0 bridgehead atoms. The van der Waals surface area contributed by atoms with E-state index in [1.165, 1.54) is 30.1 Å². The fourth-order valence-electron chi connectivity index (χ4n) is 1.19. The van der Waals surface area contributed by atoms with Crippen molar-refractivity contribution in [2.24, 2.45) is 0 Å². The lowest BCUT2D eigenvalue weighted by atomic mass is 10.3. The van der Waals surface area contributed by atoms with Gasteiger partial charge >= 0.3 is 0 Å². The van der Waals surface area contributed by atoms with Crippen molar-refractivity contribution in [2.75, 3.05) is 0 Å². The van der Waals surface area contributed by atoms with Crippen LogP contribution in [0.25, 0.3) is 0 Å². The van der Waals surface area contributed by atoms with Crippen LogP contribution in [0.5, 0.6) is 0 Å². The number of aromatic nitrogens is 2. The Morgan fingerprint density at radius 3 is 2.88 bits per heavy atom. The van der Waals surface area contributed by atoms with Crippen molar-refractivity contribution in [3.05, 3.63) is 58.5 Å². The number of halogens is 1. The third kappa shape index (κ3) is 2.70. The van der Waals surface area contributed by atoms with Crippen LogP contribution in [-0.2, 0) is 5.75 Å². The van der Waals surface area contributed by atoms with E-state index < -0.39 is 0 Å². The van der Waals surface area contributed by atoms with E-state index in [4.69, 9.17) is 0 Å². The second-order valence-corrected chi connectivity index (χ2v) is 4.12. The molecule has 1 aromatic heterocycles. The SMILES string of the molecule is O=c1ccnc(CSc2ccccc2F)[nH]1. The van der Waals surface area contributed by atoms with Gasteiger partial charge in [-0.05, 0) is 12.1 Å². The van der Waals surface area contributed by atoms with Crippen molar-refractivity contribution < 1.29 is 4.39 Å². The van der Waals surface area contributed by atoms with Crippen molar-refractivity contribution >= 4 is 11.8 Å². The molecule has 3 nitrogen and oxygen atoms in total. The lowest BCUT2D eigenvalue weighted by Gasteiger charge is -2.01. The number of hydrogen-bond acceptors (Lipinski definition) is 3. The van der Waals surface area contributed by atoms with Crippen molar-refractivity contribution in [3.8, 4) is 0 Å². The first-order valence-electron chi connectivity index (χ1n) is 4.67. The van der Waals surface area contributed by atoms with Gasteiger partial charge in [0.25, 0.3) is 5.56 Å². The fourth-order valence-corrected chi connectivity index (χ4v) is 2.01. The number of rotatable bonds is 3. The number of aromatic amines is 1. The second kappa shape index (κ2) is 4.94. The molecule has 2 aromatic rings. The fraction of sp³-hybridized carbons (Fsp3) is 0.0909. The molecule has 2 rings (SSSR count). The van der Waals surface area contributed by atoms with Crippen molar-refractivity contribution in [1.82, 2.24) is 9.97 Å². The highest BCUT2D eigenvalue weighted by atomic mass is 32.2. The molecule has 0 fully saturated rings. The van der Waals surface area contributed by atoms with Gasteiger partial charge in [0.2, 0.25) is 0 Å². The minimum absolute atomic E-state index is 0.195. The highest BCUT2D eigenvalue weighted by molar-refractivity contribution is 7.98. The first-order chi connectivity index (χ1) is 7.75. The van der Waals surface area contributed by atoms with Crippen LogP contribution in [0.15, 0.2) is 46.2 Å². The number of H-pyrrole nitrogens is 1. The van der Waals surface area contributed by atoms with Gasteiger partial charge in [0.1, 0.15) is 11.6 Å². The van der Waals surface area contributed by atoms with E-state index in [0.29, 0.717) is 16.5 Å². The van der Waals surface area contributed by atoms with E-state index in [0.717, 1.165) is 0 Å². The number of hydrogen-bond donors (Lipinski definition) is 1. The van der Waals surface area contributed by atoms with Crippen LogP contribution in [0.2, 0.25) is 0 Å². The Morgan fingerprint density at radius 1 is 1.31 bits per heavy atom. The summed E-state index contributed by atoms with van der Waals surface area (Å²) < 4.78 is 13.3. The van der Waals surface area contributed by atoms with Crippen LogP contribution in [0, 0.1) is 5.82 Å². The van der Waals surface area contributed by atoms with Gasteiger partial charge in [-0.1, -0.05) is 12.1 Å². The van der Waals surface area contributed by atoms with Gasteiger partial charge in [0.15, 0.2) is 0 Å². The topological polar surface area (TPSA) is 45.8 Å². The number of thioether (sulfide) groups is 1. The van der Waals surface area contributed by atoms with Crippen molar-refractivity contribution in [3.63, 3.8) is 0 Å². The molecule has 0 aliphatic heterocycles. The zero-order valence-corrected chi connectivity index (χ0v) is 9.13. The summed E-state index contributed by atoms with van der Waals surface area (Å²) >= 11 is 1.30. The van der Waals surface area contributed by atoms with Gasteiger partial charge in [0.05, 0.1) is 5.75 Å². The molecule has 0 saturated carbocycles. The molecule has 0 saturated heterocycles. The van der Waals surface area contributed by atoms with Gasteiger partial charge in [-0.15, -0.1) is 11.8 Å². The van der Waals surface area contributed by atoms with Gasteiger partial charge in [-0.25, -0.2) is 9.37 Å². The lowest BCUT2D eigenvalue weighted by Crippen LogP contribution is -2.07. The second-order valence-electron chi connectivity index (χ2n) is 3.10. The lowest BCUT2D eigenvalue weighted by molar-refractivity contribution is 0.602. The minimum Gasteiger partial charge on any atom is -0.310 e. The largest absolute Gasteiger partial charge is 0.310 e. The van der Waals surface area contributed by atoms with Gasteiger partial charge in [-0.2, -0.15) is 0 Å². The molecule has 1 aromatic carbocycles. The molecule has 0 atom stereocenters. The first kappa shape index (κ1) is 10.9. The van der Waals surface area contributed by atoms with E-state index in [1.54, 1.807) is 18.2 Å². The highest BCUT2D eigenvalue weighted by Gasteiger charge is 2.02. The van der Waals surface area contributed by atoms with E-state index in [2.05, 4.69) is 9.97 Å². The average molecular weight is 236 g/mol. The van der Waals surface area contributed by atoms with Crippen LogP contribution in [-0.4, -0.2) is 9.97 Å². The summed E-state index contributed by atoms with van der Waals surface area (Å²) in [5.41, 5.74) is -0.195. The summed E-state index contributed by atoms with van der Waals surface area (Å²) in [4.78, 5) is 18.1. The maximum atomic E-state index is 13.3. The van der Waals surface area contributed by atoms with E-state index in [-0.39, 0.29) is 11.4 Å². The summed E-state index contributed by atoms with van der Waals surface area (Å²) in [7, 11) is 0. The molecule has 1 heterocycles. The Kier molecular flexibility index (Phi) is 3.36. The standard InChI is InChI=1S/C11H9FN2OS/c12-8-3-1-2-4-9(8)16-7-10-13-6-5-11(15)14-10/h1-6H,7H2,(H,13,14,15). The summed E-state index contributed by atoms with van der Waals surface area (Å²) in [5, 5.41) is 0. The average Bonchev–Trinajstić information content (AvgIpc) is 2.28. The van der Waals surface area contributed by atoms with Gasteiger partial charge < -0.3 is 4.98 Å². The Bertz CT molecular complexity index is 541. The minimum atomic E-state index is -0.259. The molecule has 0 spiro atoms. The highest BCUT2D eigenvalue weighted by Crippen LogP contribution is 2.23. The molecule has 0 amide bonds. The maximum absolute atomic E-state index is 13.3. The number of nitrogens with zero attached hydrogens (tertiary/aromatic N) is 1. The van der Waals surface area contributed by atoms with E-state index >= 15 is 0 Å². The molecule has 0 unspecified atom stereocenters. The Balaban J connectivity index is 2.08. The van der Waals surface area contributed by atoms with E-state index in [1.807, 2.05) is 0 Å². The molecule has 82 valence electrons. The smallest absolute Gasteiger partial charge is 0.250 e. The predicted octanol–water partition coefficient (Wildman–Crippen LogP) is 2.20. The van der Waals surface area contributed by atoms with Crippen molar-refractivity contribution in [1.29, 1.82) is 0 Å². The van der Waals surface area contributed by atoms with Crippen LogP contribution in [0.3, 0.4) is 0 Å². The summed E-state index contributed by atoms with van der Waals surface area (Å²) in [6.07, 6.45) is 1.44. The van der Waals surface area contributed by atoms with Crippen LogP contribution < -0.4 is 5.56 Å². The third-order valence-corrected chi connectivity index (χ3v) is 2.98. The Hall–Kier alpha value is -1.62. The number of benzene rings is 1. The third-order valence-electron chi connectivity index (χ3n) is 1.92. The molecule has 0 aliphatic carbocycles. The van der Waals surface area contributed by atoms with Crippen LogP contribution in [0.1, 0.15) is 5.82 Å². The monoisotopic (exact) mass is 236 g/mol. The van der Waals surface area contributed by atoms with Crippen LogP contribution >= 0.6 is 11.8 Å². The van der Waals surface area contributed by atoms with Crippen molar-refractivity contribution in [2.45, 2.75) is 10.6 Å². The molecule has 0 aliphatic rings. The summed E-state index contributed by atoms with van der Waals surface area (Å²) in [5.74, 6) is 0.725. The molecule has 16 heavy (non-hydrogen) atoms. The predicted molar refractivity (Wildman–Crippen MR) is 60.8 cm³/mol.